The third-order valence-electron chi connectivity index (χ3n) is 3.62. The zero-order chi connectivity index (χ0) is 12.4. The second-order valence-electron chi connectivity index (χ2n) is 5.37. The van der Waals surface area contributed by atoms with Crippen LogP contribution in [0.1, 0.15) is 43.2 Å². The first-order chi connectivity index (χ1) is 8.08. The van der Waals surface area contributed by atoms with Crippen molar-refractivity contribution in [2.45, 2.75) is 32.1 Å². The Bertz CT molecular complexity index is 394. The number of carbonyl (C=O) groups excluding carboxylic acids is 1. The van der Waals surface area contributed by atoms with Crippen LogP contribution < -0.4 is 0 Å². The van der Waals surface area contributed by atoms with Crippen molar-refractivity contribution in [2.24, 2.45) is 0 Å². The topological polar surface area (TPSA) is 20.3 Å². The van der Waals surface area contributed by atoms with Gasteiger partial charge in [-0.2, -0.15) is 0 Å². The smallest absolute Gasteiger partial charge is 0.154 e. The fourth-order valence-corrected chi connectivity index (χ4v) is 2.43. The molecule has 0 saturated carbocycles. The Kier molecular flexibility index (Phi) is 3.63. The van der Waals surface area contributed by atoms with Crippen LogP contribution in [0.15, 0.2) is 24.3 Å². The van der Waals surface area contributed by atoms with Gasteiger partial charge >= 0.3 is 0 Å². The molecule has 2 rings (SSSR count). The number of piperidine rings is 1. The van der Waals surface area contributed by atoms with Gasteiger partial charge in [-0.15, -0.1) is 0 Å². The van der Waals surface area contributed by atoms with Gasteiger partial charge in [-0.05, 0) is 37.1 Å². The summed E-state index contributed by atoms with van der Waals surface area (Å²) >= 11 is 0. The Hall–Kier alpha value is -1.15. The minimum atomic E-state index is 0.118. The molecule has 1 aromatic carbocycles. The number of ketones is 1. The van der Waals surface area contributed by atoms with Crippen LogP contribution in [0.3, 0.4) is 0 Å². The number of nitrogens with zero attached hydrogens (tertiary/aromatic N) is 1. The summed E-state index contributed by atoms with van der Waals surface area (Å²) in [5.41, 5.74) is 2.53. The zero-order valence-corrected chi connectivity index (χ0v) is 10.9. The molecule has 0 bridgehead atoms. The van der Waals surface area contributed by atoms with E-state index in [1.807, 2.05) is 7.05 Å². The molecule has 1 aliphatic rings. The average Bonchev–Trinajstić information content (AvgIpc) is 2.29. The minimum Gasteiger partial charge on any atom is -0.299 e. The number of carbonyl (C=O) groups is 1. The molecule has 0 spiro atoms. The van der Waals surface area contributed by atoms with E-state index in [1.165, 1.54) is 11.1 Å². The van der Waals surface area contributed by atoms with Crippen LogP contribution in [0, 0.1) is 0 Å². The second kappa shape index (κ2) is 5.01. The summed E-state index contributed by atoms with van der Waals surface area (Å²) in [6.45, 7) is 5.99. The van der Waals surface area contributed by atoms with Crippen LogP contribution in [0.25, 0.3) is 0 Å². The molecule has 0 aromatic heterocycles. The van der Waals surface area contributed by atoms with Gasteiger partial charge in [0.15, 0.2) is 5.78 Å². The predicted molar refractivity (Wildman–Crippen MR) is 70.4 cm³/mol. The lowest BCUT2D eigenvalue weighted by Gasteiger charge is -2.28. The van der Waals surface area contributed by atoms with E-state index in [0.29, 0.717) is 18.2 Å². The summed E-state index contributed by atoms with van der Waals surface area (Å²) in [5, 5.41) is 0. The molecule has 0 amide bonds. The quantitative estimate of drug-likeness (QED) is 0.780. The number of likely N-dealkylation sites (tertiary alicyclic amines) is 1. The van der Waals surface area contributed by atoms with E-state index in [0.717, 1.165) is 13.0 Å². The van der Waals surface area contributed by atoms with Crippen LogP contribution in [0.4, 0.5) is 0 Å². The fraction of sp³-hybridized carbons (Fsp3) is 0.533. The number of hydrogen-bond donors (Lipinski definition) is 0. The van der Waals surface area contributed by atoms with E-state index < -0.39 is 0 Å². The van der Waals surface area contributed by atoms with Crippen molar-refractivity contribution in [3.05, 3.63) is 35.4 Å². The minimum absolute atomic E-state index is 0.118. The standard InChI is InChI=1S/C15H21NO/c1-11(2)12-4-6-13(7-5-12)14-8-9-16(3)10-15(14)17/h4-7,11,14H,8-10H2,1-3H3. The van der Waals surface area contributed by atoms with Crippen molar-refractivity contribution >= 4 is 5.78 Å². The highest BCUT2D eigenvalue weighted by Crippen LogP contribution is 2.26. The second-order valence-corrected chi connectivity index (χ2v) is 5.37. The van der Waals surface area contributed by atoms with Crippen LogP contribution in [-0.2, 0) is 4.79 Å². The summed E-state index contributed by atoms with van der Waals surface area (Å²) in [6, 6.07) is 8.57. The number of benzene rings is 1. The third-order valence-corrected chi connectivity index (χ3v) is 3.62. The van der Waals surface area contributed by atoms with Gasteiger partial charge in [0.2, 0.25) is 0 Å². The number of Topliss-reactive ketones (excluding diaryl/α,β-unsaturated/α-hetero) is 1. The van der Waals surface area contributed by atoms with Crippen molar-refractivity contribution < 1.29 is 4.79 Å². The molecule has 0 aliphatic carbocycles. The molecule has 1 atom stereocenters. The Labute approximate surface area is 104 Å². The summed E-state index contributed by atoms with van der Waals surface area (Å²) in [7, 11) is 2.01. The van der Waals surface area contributed by atoms with Gasteiger partial charge in [-0.1, -0.05) is 38.1 Å². The molecular weight excluding hydrogens is 210 g/mol. The van der Waals surface area contributed by atoms with E-state index in [-0.39, 0.29) is 5.92 Å². The van der Waals surface area contributed by atoms with Crippen molar-refractivity contribution in [1.29, 1.82) is 0 Å². The average molecular weight is 231 g/mol. The number of hydrogen-bond acceptors (Lipinski definition) is 2. The van der Waals surface area contributed by atoms with Gasteiger partial charge in [0.25, 0.3) is 0 Å². The first-order valence-electron chi connectivity index (χ1n) is 6.39. The lowest BCUT2D eigenvalue weighted by Crippen LogP contribution is -2.37. The molecule has 1 saturated heterocycles. The monoisotopic (exact) mass is 231 g/mol. The maximum Gasteiger partial charge on any atom is 0.154 e. The predicted octanol–water partition coefficient (Wildman–Crippen LogP) is 2.80. The van der Waals surface area contributed by atoms with Crippen molar-refractivity contribution in [2.75, 3.05) is 20.1 Å². The molecule has 0 N–H and O–H groups in total. The normalized spacial score (nSPS) is 22.1. The summed E-state index contributed by atoms with van der Waals surface area (Å²) in [6.07, 6.45) is 0.955. The Balaban J connectivity index is 2.14. The van der Waals surface area contributed by atoms with Gasteiger partial charge < -0.3 is 0 Å². The first-order valence-corrected chi connectivity index (χ1v) is 6.39. The largest absolute Gasteiger partial charge is 0.299 e. The van der Waals surface area contributed by atoms with E-state index >= 15 is 0 Å². The third kappa shape index (κ3) is 2.75. The molecule has 1 unspecified atom stereocenters. The van der Waals surface area contributed by atoms with E-state index in [2.05, 4.69) is 43.0 Å². The summed E-state index contributed by atoms with van der Waals surface area (Å²) in [4.78, 5) is 14.1. The van der Waals surface area contributed by atoms with Crippen LogP contribution in [-0.4, -0.2) is 30.8 Å². The lowest BCUT2D eigenvalue weighted by molar-refractivity contribution is -0.123. The fourth-order valence-electron chi connectivity index (χ4n) is 2.43. The van der Waals surface area contributed by atoms with Gasteiger partial charge in [-0.25, -0.2) is 0 Å². The highest BCUT2D eigenvalue weighted by molar-refractivity contribution is 5.88. The molecule has 2 nitrogen and oxygen atoms in total. The van der Waals surface area contributed by atoms with Gasteiger partial charge in [0.05, 0.1) is 6.54 Å². The Morgan fingerprint density at radius 1 is 1.24 bits per heavy atom. The van der Waals surface area contributed by atoms with Crippen molar-refractivity contribution in [1.82, 2.24) is 4.90 Å². The van der Waals surface area contributed by atoms with Crippen LogP contribution in [0.2, 0.25) is 0 Å². The molecule has 1 heterocycles. The molecule has 2 heteroatoms. The lowest BCUT2D eigenvalue weighted by atomic mass is 9.87. The number of likely N-dealkylation sites (N-methyl/N-ethyl adjacent to an activating group) is 1. The number of rotatable bonds is 2. The molecular formula is C15H21NO. The molecule has 92 valence electrons. The van der Waals surface area contributed by atoms with Crippen LogP contribution >= 0.6 is 0 Å². The highest BCUT2D eigenvalue weighted by Gasteiger charge is 2.26. The van der Waals surface area contributed by atoms with Gasteiger partial charge in [0.1, 0.15) is 0 Å². The maximum absolute atomic E-state index is 12.0. The molecule has 1 aliphatic heterocycles. The Morgan fingerprint density at radius 3 is 2.41 bits per heavy atom. The molecule has 1 fully saturated rings. The van der Waals surface area contributed by atoms with Gasteiger partial charge in [-0.3, -0.25) is 9.69 Å². The van der Waals surface area contributed by atoms with E-state index in [9.17, 15) is 4.79 Å². The maximum atomic E-state index is 12.0. The SMILES string of the molecule is CC(C)c1ccc(C2CCN(C)CC2=O)cc1. The van der Waals surface area contributed by atoms with Crippen LogP contribution in [0.5, 0.6) is 0 Å². The van der Waals surface area contributed by atoms with Gasteiger partial charge in [0, 0.05) is 5.92 Å². The highest BCUT2D eigenvalue weighted by atomic mass is 16.1. The first kappa shape index (κ1) is 12.3. The molecule has 17 heavy (non-hydrogen) atoms. The van der Waals surface area contributed by atoms with E-state index in [4.69, 9.17) is 0 Å². The zero-order valence-electron chi connectivity index (χ0n) is 10.9. The Morgan fingerprint density at radius 2 is 1.88 bits per heavy atom. The van der Waals surface area contributed by atoms with Crippen molar-refractivity contribution in [3.8, 4) is 0 Å². The molecule has 1 aromatic rings. The van der Waals surface area contributed by atoms with E-state index in [1.54, 1.807) is 0 Å². The molecule has 0 radical (unpaired) electrons. The summed E-state index contributed by atoms with van der Waals surface area (Å²) in [5.74, 6) is 1.03. The summed E-state index contributed by atoms with van der Waals surface area (Å²) < 4.78 is 0. The van der Waals surface area contributed by atoms with Crippen molar-refractivity contribution in [3.63, 3.8) is 0 Å².